The molecule has 0 radical (unpaired) electrons. The molecule has 2 aliphatic rings. The minimum atomic E-state index is -0.727. The molecule has 2 aromatic carbocycles. The predicted molar refractivity (Wildman–Crippen MR) is 124 cm³/mol. The third-order valence-electron chi connectivity index (χ3n) is 6.10. The minimum Gasteiger partial charge on any atom is -0.441 e. The van der Waals surface area contributed by atoms with E-state index in [1.165, 1.54) is 6.07 Å². The molecule has 33 heavy (non-hydrogen) atoms. The molecule has 2 aliphatic heterocycles. The number of aliphatic hydroxyl groups excluding tert-OH is 1. The highest BCUT2D eigenvalue weighted by molar-refractivity contribution is 6.02. The molecule has 0 saturated carbocycles. The molecule has 0 spiro atoms. The maximum Gasteiger partial charge on any atom is 0.198 e. The van der Waals surface area contributed by atoms with Gasteiger partial charge in [0.05, 0.1) is 24.0 Å². The standard InChI is InChI=1S/C25H25FN4O3/c1-28-21-13-17(33-23-10-6-9-22(31)29(23)2)11-12-18(21)19-14-27-30(25(32-3)24(19)28)15-16-7-4-5-8-20(16)26/h4-14,22,25,31H,15H2,1-3H3. The third kappa shape index (κ3) is 3.67. The normalized spacial score (nSPS) is 19.7. The first-order chi connectivity index (χ1) is 16.0. The Morgan fingerprint density at radius 3 is 2.76 bits per heavy atom. The van der Waals surface area contributed by atoms with Crippen LogP contribution in [0.3, 0.4) is 0 Å². The molecular weight excluding hydrogens is 423 g/mol. The Hall–Kier alpha value is -3.62. The highest BCUT2D eigenvalue weighted by Crippen LogP contribution is 2.37. The topological polar surface area (TPSA) is 62.5 Å². The van der Waals surface area contributed by atoms with Gasteiger partial charge in [0.1, 0.15) is 17.8 Å². The van der Waals surface area contributed by atoms with Crippen LogP contribution in [0.25, 0.3) is 10.9 Å². The Balaban J connectivity index is 1.49. The average Bonchev–Trinajstić information content (AvgIpc) is 3.10. The molecule has 1 N–H and O–H groups in total. The van der Waals surface area contributed by atoms with E-state index in [2.05, 4.69) is 9.67 Å². The Morgan fingerprint density at radius 2 is 1.97 bits per heavy atom. The highest BCUT2D eigenvalue weighted by Gasteiger charge is 2.31. The van der Waals surface area contributed by atoms with Gasteiger partial charge in [0.15, 0.2) is 12.1 Å². The van der Waals surface area contributed by atoms with Gasteiger partial charge in [-0.05, 0) is 30.4 Å². The van der Waals surface area contributed by atoms with Gasteiger partial charge < -0.3 is 24.0 Å². The van der Waals surface area contributed by atoms with Crippen LogP contribution in [-0.4, -0.2) is 46.2 Å². The summed E-state index contributed by atoms with van der Waals surface area (Å²) < 4.78 is 28.2. The van der Waals surface area contributed by atoms with Crippen LogP contribution in [0, 0.1) is 5.82 Å². The molecule has 7 nitrogen and oxygen atoms in total. The van der Waals surface area contributed by atoms with Gasteiger partial charge in [-0.3, -0.25) is 5.01 Å². The van der Waals surface area contributed by atoms with Crippen LogP contribution in [0.5, 0.6) is 5.75 Å². The van der Waals surface area contributed by atoms with Gasteiger partial charge in [-0.1, -0.05) is 24.3 Å². The van der Waals surface area contributed by atoms with E-state index in [1.807, 2.05) is 31.3 Å². The number of benzene rings is 2. The van der Waals surface area contributed by atoms with Gasteiger partial charge in [0, 0.05) is 43.8 Å². The molecule has 2 unspecified atom stereocenters. The molecule has 2 atom stereocenters. The van der Waals surface area contributed by atoms with E-state index in [-0.39, 0.29) is 12.4 Å². The second kappa shape index (κ2) is 8.38. The zero-order valence-corrected chi connectivity index (χ0v) is 18.6. The van der Waals surface area contributed by atoms with E-state index < -0.39 is 12.5 Å². The van der Waals surface area contributed by atoms with Crippen LogP contribution in [-0.2, 0) is 18.3 Å². The molecule has 170 valence electrons. The van der Waals surface area contributed by atoms with E-state index >= 15 is 0 Å². The van der Waals surface area contributed by atoms with Crippen molar-refractivity contribution in [1.29, 1.82) is 0 Å². The summed E-state index contributed by atoms with van der Waals surface area (Å²) in [5.41, 5.74) is 3.40. The summed E-state index contributed by atoms with van der Waals surface area (Å²) in [5, 5.41) is 17.4. The SMILES string of the molecule is COC1c2c(c3ccc(OC4=CC=CC(O)N4C)cc3n2C)C=NN1Cc1ccccc1F. The molecule has 0 bridgehead atoms. The van der Waals surface area contributed by atoms with Gasteiger partial charge in [0.25, 0.3) is 0 Å². The van der Waals surface area contributed by atoms with Crippen molar-refractivity contribution in [3.8, 4) is 5.75 Å². The van der Waals surface area contributed by atoms with Crippen molar-refractivity contribution in [1.82, 2.24) is 14.5 Å². The summed E-state index contributed by atoms with van der Waals surface area (Å²) in [6.45, 7) is 0.285. The Bertz CT molecular complexity index is 1300. The number of ether oxygens (including phenoxy) is 2. The monoisotopic (exact) mass is 448 g/mol. The van der Waals surface area contributed by atoms with Gasteiger partial charge in [-0.2, -0.15) is 5.10 Å². The molecule has 0 amide bonds. The molecule has 0 saturated heterocycles. The lowest BCUT2D eigenvalue weighted by Crippen LogP contribution is -2.33. The summed E-state index contributed by atoms with van der Waals surface area (Å²) in [4.78, 5) is 1.65. The molecule has 3 aromatic rings. The average molecular weight is 448 g/mol. The Labute approximate surface area is 191 Å². The van der Waals surface area contributed by atoms with E-state index in [1.54, 1.807) is 60.6 Å². The van der Waals surface area contributed by atoms with Gasteiger partial charge in [0.2, 0.25) is 0 Å². The second-order valence-electron chi connectivity index (χ2n) is 8.07. The van der Waals surface area contributed by atoms with Crippen molar-refractivity contribution in [2.45, 2.75) is 19.0 Å². The van der Waals surface area contributed by atoms with Crippen molar-refractivity contribution in [2.75, 3.05) is 14.2 Å². The van der Waals surface area contributed by atoms with Crippen molar-refractivity contribution >= 4 is 17.1 Å². The first-order valence-electron chi connectivity index (χ1n) is 10.6. The maximum atomic E-state index is 14.2. The lowest BCUT2D eigenvalue weighted by atomic mass is 10.1. The molecule has 0 fully saturated rings. The van der Waals surface area contributed by atoms with Gasteiger partial charge >= 0.3 is 0 Å². The summed E-state index contributed by atoms with van der Waals surface area (Å²) >= 11 is 0. The zero-order chi connectivity index (χ0) is 23.1. The molecule has 5 rings (SSSR count). The van der Waals surface area contributed by atoms with E-state index in [0.717, 1.165) is 22.2 Å². The molecule has 1 aromatic heterocycles. The van der Waals surface area contributed by atoms with Crippen LogP contribution in [0.4, 0.5) is 4.39 Å². The number of hydrazone groups is 1. The fourth-order valence-corrected chi connectivity index (χ4v) is 4.30. The molecule has 3 heterocycles. The zero-order valence-electron chi connectivity index (χ0n) is 18.6. The van der Waals surface area contributed by atoms with Crippen molar-refractivity contribution in [3.05, 3.63) is 89.2 Å². The number of aliphatic hydroxyl groups is 1. The second-order valence-corrected chi connectivity index (χ2v) is 8.07. The van der Waals surface area contributed by atoms with E-state index in [9.17, 15) is 9.50 Å². The van der Waals surface area contributed by atoms with Crippen LogP contribution in [0.15, 0.2) is 71.7 Å². The van der Waals surface area contributed by atoms with Crippen LogP contribution < -0.4 is 4.74 Å². The fourth-order valence-electron chi connectivity index (χ4n) is 4.30. The molecular formula is C25H25FN4O3. The molecule has 8 heteroatoms. The van der Waals surface area contributed by atoms with Crippen molar-refractivity contribution < 1.29 is 19.0 Å². The molecule has 0 aliphatic carbocycles. The first kappa shape index (κ1) is 21.2. The van der Waals surface area contributed by atoms with Gasteiger partial charge in [-0.25, -0.2) is 4.39 Å². The van der Waals surface area contributed by atoms with Crippen molar-refractivity contribution in [3.63, 3.8) is 0 Å². The minimum absolute atomic E-state index is 0.269. The largest absolute Gasteiger partial charge is 0.441 e. The predicted octanol–water partition coefficient (Wildman–Crippen LogP) is 3.85. The van der Waals surface area contributed by atoms with E-state index in [4.69, 9.17) is 9.47 Å². The number of rotatable bonds is 5. The lowest BCUT2D eigenvalue weighted by molar-refractivity contribution is -0.0458. The number of hydrogen-bond acceptors (Lipinski definition) is 6. The van der Waals surface area contributed by atoms with Crippen LogP contribution >= 0.6 is 0 Å². The first-order valence-corrected chi connectivity index (χ1v) is 10.6. The van der Waals surface area contributed by atoms with Crippen LogP contribution in [0.2, 0.25) is 0 Å². The highest BCUT2D eigenvalue weighted by atomic mass is 19.1. The number of nitrogens with zero attached hydrogens (tertiary/aromatic N) is 4. The third-order valence-corrected chi connectivity index (χ3v) is 6.10. The number of aromatic nitrogens is 1. The maximum absolute atomic E-state index is 14.2. The summed E-state index contributed by atoms with van der Waals surface area (Å²) in [6, 6.07) is 12.5. The summed E-state index contributed by atoms with van der Waals surface area (Å²) in [7, 11) is 5.36. The Morgan fingerprint density at radius 1 is 1.15 bits per heavy atom. The van der Waals surface area contributed by atoms with Gasteiger partial charge in [-0.15, -0.1) is 0 Å². The number of halogens is 1. The van der Waals surface area contributed by atoms with Crippen LogP contribution in [0.1, 0.15) is 23.0 Å². The summed E-state index contributed by atoms with van der Waals surface area (Å²) in [5.74, 6) is 0.931. The number of methoxy groups -OCH3 is 1. The lowest BCUT2D eigenvalue weighted by Gasteiger charge is -2.31. The summed E-state index contributed by atoms with van der Waals surface area (Å²) in [6.07, 6.45) is 5.85. The number of hydrogen-bond donors (Lipinski definition) is 1. The number of allylic oxidation sites excluding steroid dienone is 2. The fraction of sp³-hybridized carbons (Fsp3) is 0.240. The Kier molecular flexibility index (Phi) is 5.39. The van der Waals surface area contributed by atoms with E-state index in [0.29, 0.717) is 17.2 Å². The van der Waals surface area contributed by atoms with Crippen molar-refractivity contribution in [2.24, 2.45) is 12.1 Å². The smallest absolute Gasteiger partial charge is 0.198 e. The quantitative estimate of drug-likeness (QED) is 0.643. The number of aryl methyl sites for hydroxylation is 1. The number of likely N-dealkylation sites (N-methyl/N-ethyl adjacent to an activating group) is 1. The number of fused-ring (bicyclic) bond motifs is 3.